The number of likely N-dealkylation sites (tertiary alicyclic amines) is 1. The second kappa shape index (κ2) is 7.85. The summed E-state index contributed by atoms with van der Waals surface area (Å²) in [6, 6.07) is 14.5. The molecule has 3 aromatic rings. The summed E-state index contributed by atoms with van der Waals surface area (Å²) in [4.78, 5) is 31.3. The summed E-state index contributed by atoms with van der Waals surface area (Å²) in [7, 11) is 0. The van der Waals surface area contributed by atoms with Gasteiger partial charge in [0, 0.05) is 35.9 Å². The quantitative estimate of drug-likeness (QED) is 0.558. The number of aromatic nitrogens is 2. The van der Waals surface area contributed by atoms with E-state index in [1.807, 2.05) is 54.9 Å². The van der Waals surface area contributed by atoms with Crippen LogP contribution in [0.2, 0.25) is 0 Å². The number of hydrogen-bond acceptors (Lipinski definition) is 4. The number of carbonyl (C=O) groups excluding carboxylic acids is 1. The van der Waals surface area contributed by atoms with E-state index in [4.69, 9.17) is 5.11 Å². The zero-order chi connectivity index (χ0) is 22.5. The van der Waals surface area contributed by atoms with E-state index < -0.39 is 11.6 Å². The first-order chi connectivity index (χ1) is 15.3. The molecule has 2 amide bonds. The summed E-state index contributed by atoms with van der Waals surface area (Å²) >= 11 is 1.77. The van der Waals surface area contributed by atoms with E-state index in [1.165, 1.54) is 10.5 Å². The molecule has 2 aromatic heterocycles. The van der Waals surface area contributed by atoms with Gasteiger partial charge in [-0.15, -0.1) is 11.8 Å². The summed E-state index contributed by atoms with van der Waals surface area (Å²) < 4.78 is 2.05. The van der Waals surface area contributed by atoms with Crippen molar-refractivity contribution in [3.05, 3.63) is 66.2 Å². The Kier molecular flexibility index (Phi) is 5.12. The molecule has 1 unspecified atom stereocenters. The van der Waals surface area contributed by atoms with E-state index in [1.54, 1.807) is 11.8 Å². The molecule has 2 N–H and O–H groups in total. The van der Waals surface area contributed by atoms with Gasteiger partial charge in [0.25, 0.3) is 0 Å². The van der Waals surface area contributed by atoms with Crippen LogP contribution in [0.1, 0.15) is 25.2 Å². The van der Waals surface area contributed by atoms with E-state index >= 15 is 0 Å². The minimum absolute atomic E-state index is 0.0126. The summed E-state index contributed by atoms with van der Waals surface area (Å²) in [6.07, 6.45) is 2.95. The number of fused-ring (bicyclic) bond motifs is 2. The van der Waals surface area contributed by atoms with Crippen LogP contribution >= 0.6 is 11.8 Å². The molecule has 32 heavy (non-hydrogen) atoms. The highest BCUT2D eigenvalue weighted by Gasteiger charge is 2.60. The third-order valence-corrected chi connectivity index (χ3v) is 7.67. The lowest BCUT2D eigenvalue weighted by atomic mass is 10.0. The van der Waals surface area contributed by atoms with Gasteiger partial charge in [0.2, 0.25) is 5.91 Å². The zero-order valence-electron chi connectivity index (χ0n) is 18.1. The molecule has 1 aliphatic heterocycles. The molecular weight excluding hydrogens is 424 g/mol. The number of thioether (sulfide) groups is 1. The van der Waals surface area contributed by atoms with Crippen molar-refractivity contribution in [2.75, 3.05) is 13.1 Å². The summed E-state index contributed by atoms with van der Waals surface area (Å²) in [5, 5.41) is 12.3. The molecule has 3 atom stereocenters. The fraction of sp³-hybridized carbons (Fsp3) is 0.375. The highest BCUT2D eigenvalue weighted by molar-refractivity contribution is 7.98. The van der Waals surface area contributed by atoms with E-state index in [-0.39, 0.29) is 23.7 Å². The lowest BCUT2D eigenvalue weighted by molar-refractivity contribution is -0.125. The number of benzene rings is 1. The van der Waals surface area contributed by atoms with Gasteiger partial charge in [-0.1, -0.05) is 30.3 Å². The summed E-state index contributed by atoms with van der Waals surface area (Å²) in [5.74, 6) is 1.81. The van der Waals surface area contributed by atoms with Crippen molar-refractivity contribution in [3.8, 4) is 0 Å². The Morgan fingerprint density at radius 1 is 1.16 bits per heavy atom. The number of pyridine rings is 1. The minimum atomic E-state index is -0.901. The number of imidazole rings is 1. The normalized spacial score (nSPS) is 22.1. The van der Waals surface area contributed by atoms with Gasteiger partial charge in [-0.3, -0.25) is 4.79 Å². The molecule has 2 fully saturated rings. The van der Waals surface area contributed by atoms with Gasteiger partial charge >= 0.3 is 6.09 Å². The second-order valence-electron chi connectivity index (χ2n) is 9.14. The predicted octanol–water partition coefficient (Wildman–Crippen LogP) is 3.83. The van der Waals surface area contributed by atoms with Crippen LogP contribution in [0.15, 0.2) is 59.8 Å². The Balaban J connectivity index is 1.30. The van der Waals surface area contributed by atoms with Gasteiger partial charge in [0.1, 0.15) is 5.82 Å². The fourth-order valence-electron chi connectivity index (χ4n) is 4.83. The van der Waals surface area contributed by atoms with E-state index in [0.29, 0.717) is 13.1 Å². The number of nitrogens with one attached hydrogen (secondary N) is 1. The van der Waals surface area contributed by atoms with Crippen LogP contribution in [-0.2, 0) is 16.1 Å². The Labute approximate surface area is 190 Å². The third-order valence-electron chi connectivity index (χ3n) is 6.53. The predicted molar refractivity (Wildman–Crippen MR) is 122 cm³/mol. The molecule has 1 saturated heterocycles. The lowest BCUT2D eigenvalue weighted by Gasteiger charge is -2.26. The number of carboxylic acid groups (broad SMARTS) is 1. The van der Waals surface area contributed by atoms with Crippen molar-refractivity contribution in [3.63, 3.8) is 0 Å². The molecule has 3 heterocycles. The Morgan fingerprint density at radius 3 is 2.56 bits per heavy atom. The fourth-order valence-corrected chi connectivity index (χ4v) is 5.82. The van der Waals surface area contributed by atoms with Crippen molar-refractivity contribution in [1.29, 1.82) is 0 Å². The SMILES string of the molecule is CC(C)(NC(=O)C1[C@H]2CN(C(=O)O)C[C@@H]12)c1ncc2c(SCc3ccccc3)cccn12. The van der Waals surface area contributed by atoms with Crippen molar-refractivity contribution in [2.45, 2.75) is 30.0 Å². The smallest absolute Gasteiger partial charge is 0.407 e. The van der Waals surface area contributed by atoms with Crippen LogP contribution in [0.5, 0.6) is 0 Å². The number of nitrogens with zero attached hydrogens (tertiary/aromatic N) is 3. The molecule has 1 saturated carbocycles. The maximum atomic E-state index is 13.0. The van der Waals surface area contributed by atoms with E-state index in [2.05, 4.69) is 28.5 Å². The van der Waals surface area contributed by atoms with Gasteiger partial charge in [-0.25, -0.2) is 9.78 Å². The number of piperidine rings is 1. The van der Waals surface area contributed by atoms with Gasteiger partial charge < -0.3 is 19.7 Å². The Morgan fingerprint density at radius 2 is 1.88 bits per heavy atom. The minimum Gasteiger partial charge on any atom is -0.465 e. The van der Waals surface area contributed by atoms with Crippen molar-refractivity contribution in [1.82, 2.24) is 19.6 Å². The molecular formula is C24H26N4O3S. The maximum absolute atomic E-state index is 13.0. The van der Waals surface area contributed by atoms with Crippen LogP contribution in [0.3, 0.4) is 0 Å². The first-order valence-electron chi connectivity index (χ1n) is 10.8. The highest BCUT2D eigenvalue weighted by Crippen LogP contribution is 2.52. The van der Waals surface area contributed by atoms with Gasteiger partial charge in [0.15, 0.2) is 0 Å². The number of amides is 2. The molecule has 1 aliphatic carbocycles. The standard InChI is InChI=1S/C24H26N4O3S/c1-24(2,26-21(29)20-16-12-27(23(30)31)13-17(16)20)22-25-11-18-19(9-6-10-28(18)22)32-14-15-7-4-3-5-8-15/h3-11,16-17,20H,12-14H2,1-2H3,(H,26,29)(H,30,31)/t16-,17+,20?. The van der Waals surface area contributed by atoms with Gasteiger partial charge in [-0.05, 0) is 43.4 Å². The first kappa shape index (κ1) is 20.9. The van der Waals surface area contributed by atoms with Crippen molar-refractivity contribution in [2.24, 2.45) is 17.8 Å². The molecule has 2 aliphatic rings. The highest BCUT2D eigenvalue weighted by atomic mass is 32.2. The molecule has 1 aromatic carbocycles. The van der Waals surface area contributed by atoms with Crippen molar-refractivity contribution >= 4 is 29.3 Å². The second-order valence-corrected chi connectivity index (χ2v) is 10.2. The Bertz CT molecular complexity index is 1160. The maximum Gasteiger partial charge on any atom is 0.407 e. The van der Waals surface area contributed by atoms with Crippen LogP contribution in [0.4, 0.5) is 4.79 Å². The topological polar surface area (TPSA) is 86.9 Å². The molecule has 0 radical (unpaired) electrons. The largest absolute Gasteiger partial charge is 0.465 e. The number of hydrogen-bond donors (Lipinski definition) is 2. The van der Waals surface area contributed by atoms with Crippen LogP contribution in [0.25, 0.3) is 5.52 Å². The van der Waals surface area contributed by atoms with E-state index in [9.17, 15) is 9.59 Å². The summed E-state index contributed by atoms with van der Waals surface area (Å²) in [5.41, 5.74) is 1.63. The van der Waals surface area contributed by atoms with Crippen LogP contribution in [0, 0.1) is 17.8 Å². The zero-order valence-corrected chi connectivity index (χ0v) is 18.9. The molecule has 166 valence electrons. The molecule has 7 nitrogen and oxygen atoms in total. The first-order valence-corrected chi connectivity index (χ1v) is 11.8. The van der Waals surface area contributed by atoms with Crippen LogP contribution < -0.4 is 5.32 Å². The molecule has 0 spiro atoms. The van der Waals surface area contributed by atoms with Gasteiger partial charge in [-0.2, -0.15) is 0 Å². The Hall–Kier alpha value is -3.00. The number of carbonyl (C=O) groups is 2. The third kappa shape index (κ3) is 3.72. The monoisotopic (exact) mass is 450 g/mol. The average molecular weight is 451 g/mol. The molecule has 8 heteroatoms. The van der Waals surface area contributed by atoms with E-state index in [0.717, 1.165) is 22.0 Å². The van der Waals surface area contributed by atoms with Gasteiger partial charge in [0.05, 0.1) is 17.3 Å². The summed E-state index contributed by atoms with van der Waals surface area (Å²) in [6.45, 7) is 4.83. The van der Waals surface area contributed by atoms with Crippen molar-refractivity contribution < 1.29 is 14.7 Å². The average Bonchev–Trinajstić information content (AvgIpc) is 3.10. The lowest BCUT2D eigenvalue weighted by Crippen LogP contribution is -2.44. The molecule has 0 bridgehead atoms. The molecule has 5 rings (SSSR count). The number of rotatable bonds is 6. The van der Waals surface area contributed by atoms with Crippen LogP contribution in [-0.4, -0.2) is 44.5 Å².